The van der Waals surface area contributed by atoms with Gasteiger partial charge in [0.05, 0.1) is 6.10 Å². The predicted molar refractivity (Wildman–Crippen MR) is 105 cm³/mol. The van der Waals surface area contributed by atoms with E-state index >= 15 is 0 Å². The Hall–Kier alpha value is -0.813. The number of carbonyl (C=O) groups is 1. The van der Waals surface area contributed by atoms with Crippen molar-refractivity contribution in [3.63, 3.8) is 0 Å². The molecule has 0 aliphatic carbocycles. The molecule has 24 heavy (non-hydrogen) atoms. The van der Waals surface area contributed by atoms with Gasteiger partial charge in [-0.25, -0.2) is 4.79 Å². The van der Waals surface area contributed by atoms with E-state index < -0.39 is 14.4 Å². The lowest BCUT2D eigenvalue weighted by molar-refractivity contribution is -0.0212. The maximum Gasteiger partial charge on any atom is 0.404 e. The van der Waals surface area contributed by atoms with Gasteiger partial charge in [0.25, 0.3) is 0 Å². The summed E-state index contributed by atoms with van der Waals surface area (Å²) < 4.78 is 12.2. The second-order valence-corrected chi connectivity index (χ2v) is 13.3. The summed E-state index contributed by atoms with van der Waals surface area (Å²) in [5.41, 5.74) is 5.30. The molecule has 1 amide bonds. The van der Waals surface area contributed by atoms with E-state index in [1.807, 2.05) is 13.0 Å². The maximum absolute atomic E-state index is 11.4. The minimum atomic E-state index is -1.94. The Morgan fingerprint density at radius 1 is 1.21 bits per heavy atom. The lowest BCUT2D eigenvalue weighted by Gasteiger charge is -2.44. The number of rotatable bonds is 9. The van der Waals surface area contributed by atoms with E-state index in [0.717, 1.165) is 6.42 Å². The molecule has 2 N–H and O–H groups in total. The molecule has 0 bridgehead atoms. The highest BCUT2D eigenvalue weighted by molar-refractivity contribution is 6.74. The van der Waals surface area contributed by atoms with E-state index in [1.54, 1.807) is 0 Å². The van der Waals surface area contributed by atoms with Gasteiger partial charge < -0.3 is 14.9 Å². The van der Waals surface area contributed by atoms with Crippen LogP contribution in [0.5, 0.6) is 0 Å². The molecule has 0 heterocycles. The molecule has 0 radical (unpaired) electrons. The van der Waals surface area contributed by atoms with Crippen LogP contribution in [0.4, 0.5) is 4.79 Å². The third kappa shape index (κ3) is 6.24. The summed E-state index contributed by atoms with van der Waals surface area (Å²) in [5, 5.41) is 0.128. The Labute approximate surface area is 150 Å². The van der Waals surface area contributed by atoms with Crippen molar-refractivity contribution in [3.05, 3.63) is 12.7 Å². The largest absolute Gasteiger partial charge is 0.445 e. The zero-order valence-corrected chi connectivity index (χ0v) is 18.2. The molecule has 0 spiro atoms. The lowest BCUT2D eigenvalue weighted by Crippen LogP contribution is -2.50. The molecule has 0 saturated heterocycles. The van der Waals surface area contributed by atoms with Crippen LogP contribution in [0.2, 0.25) is 18.1 Å². The summed E-state index contributed by atoms with van der Waals surface area (Å²) in [7, 11) is -1.94. The summed E-state index contributed by atoms with van der Waals surface area (Å²) >= 11 is 0. The molecule has 0 saturated carbocycles. The van der Waals surface area contributed by atoms with Crippen molar-refractivity contribution in [2.75, 3.05) is 0 Å². The minimum absolute atomic E-state index is 0.0158. The van der Waals surface area contributed by atoms with Crippen molar-refractivity contribution in [2.24, 2.45) is 23.5 Å². The molecular weight excluding hydrogens is 318 g/mol. The van der Waals surface area contributed by atoms with Crippen LogP contribution in [-0.4, -0.2) is 26.6 Å². The zero-order chi connectivity index (χ0) is 19.3. The number of hydrogen-bond acceptors (Lipinski definition) is 3. The number of hydrogen-bond donors (Lipinski definition) is 1. The molecule has 0 aromatic carbocycles. The normalized spacial score (nSPS) is 19.0. The second-order valence-electron chi connectivity index (χ2n) is 8.58. The fourth-order valence-corrected chi connectivity index (χ4v) is 4.12. The van der Waals surface area contributed by atoms with Gasteiger partial charge in [0.1, 0.15) is 6.10 Å². The molecule has 0 fully saturated rings. The summed E-state index contributed by atoms with van der Waals surface area (Å²) in [6, 6.07) is 0. The third-order valence-corrected chi connectivity index (χ3v) is 10.1. The van der Waals surface area contributed by atoms with E-state index in [4.69, 9.17) is 14.9 Å². The van der Waals surface area contributed by atoms with Crippen LogP contribution in [0.3, 0.4) is 0 Å². The minimum Gasteiger partial charge on any atom is -0.445 e. The molecule has 0 rings (SSSR count). The van der Waals surface area contributed by atoms with Crippen LogP contribution in [0.25, 0.3) is 0 Å². The highest BCUT2D eigenvalue weighted by Gasteiger charge is 2.43. The number of nitrogens with two attached hydrogens (primary N) is 1. The van der Waals surface area contributed by atoms with E-state index in [-0.39, 0.29) is 29.1 Å². The Morgan fingerprint density at radius 2 is 1.71 bits per heavy atom. The topological polar surface area (TPSA) is 61.5 Å². The van der Waals surface area contributed by atoms with Crippen LogP contribution >= 0.6 is 0 Å². The van der Waals surface area contributed by atoms with Gasteiger partial charge in [0.15, 0.2) is 8.32 Å². The lowest BCUT2D eigenvalue weighted by atomic mass is 9.83. The first-order chi connectivity index (χ1) is 10.8. The Morgan fingerprint density at radius 3 is 2.04 bits per heavy atom. The first-order valence-corrected chi connectivity index (χ1v) is 12.0. The molecule has 0 aliphatic heterocycles. The number of ether oxygens (including phenoxy) is 1. The summed E-state index contributed by atoms with van der Waals surface area (Å²) in [5.74, 6) is 0.418. The van der Waals surface area contributed by atoms with Crippen molar-refractivity contribution >= 4 is 14.4 Å². The van der Waals surface area contributed by atoms with Gasteiger partial charge in [-0.15, -0.1) is 6.58 Å². The molecule has 0 unspecified atom stereocenters. The highest BCUT2D eigenvalue weighted by Crippen LogP contribution is 2.40. The van der Waals surface area contributed by atoms with Gasteiger partial charge in [0.2, 0.25) is 0 Å². The van der Waals surface area contributed by atoms with Crippen molar-refractivity contribution in [2.45, 2.75) is 85.2 Å². The van der Waals surface area contributed by atoms with Crippen LogP contribution in [0, 0.1) is 17.8 Å². The molecule has 0 aromatic rings. The van der Waals surface area contributed by atoms with Gasteiger partial charge in [-0.3, -0.25) is 0 Å². The van der Waals surface area contributed by atoms with E-state index in [0.29, 0.717) is 5.92 Å². The fraction of sp³-hybridized carbons (Fsp3) is 0.842. The predicted octanol–water partition coefficient (Wildman–Crippen LogP) is 5.35. The van der Waals surface area contributed by atoms with Crippen molar-refractivity contribution in [3.8, 4) is 0 Å². The molecule has 0 aliphatic rings. The SMILES string of the molecule is C=C[C@H](C)[C@H](OC(N)=O)[C@@H](C)[C@H](O[Si](C)(C)C(C)(C)C)[C@@H](C)CC. The first kappa shape index (κ1) is 23.2. The first-order valence-electron chi connectivity index (χ1n) is 9.04. The van der Waals surface area contributed by atoms with Gasteiger partial charge in [0, 0.05) is 11.8 Å². The second kappa shape index (κ2) is 9.04. The highest BCUT2D eigenvalue weighted by atomic mass is 28.4. The molecule has 4 nitrogen and oxygen atoms in total. The van der Waals surface area contributed by atoms with Crippen molar-refractivity contribution in [1.29, 1.82) is 0 Å². The van der Waals surface area contributed by atoms with Crippen LogP contribution in [0.15, 0.2) is 12.7 Å². The fourth-order valence-electron chi connectivity index (χ4n) is 2.64. The van der Waals surface area contributed by atoms with Crippen molar-refractivity contribution < 1.29 is 14.0 Å². The van der Waals surface area contributed by atoms with E-state index in [2.05, 4.69) is 61.2 Å². The maximum atomic E-state index is 11.4. The summed E-state index contributed by atoms with van der Waals surface area (Å²) in [4.78, 5) is 11.4. The molecular formula is C19H39NO3Si. The number of primary amides is 1. The van der Waals surface area contributed by atoms with Gasteiger partial charge in [-0.2, -0.15) is 0 Å². The molecule has 0 aromatic heterocycles. The summed E-state index contributed by atoms with van der Waals surface area (Å²) in [6.07, 6.45) is 1.77. The van der Waals surface area contributed by atoms with Crippen molar-refractivity contribution in [1.82, 2.24) is 0 Å². The van der Waals surface area contributed by atoms with E-state index in [9.17, 15) is 4.79 Å². The molecule has 5 heteroatoms. The smallest absolute Gasteiger partial charge is 0.404 e. The monoisotopic (exact) mass is 357 g/mol. The number of amides is 1. The quantitative estimate of drug-likeness (QED) is 0.447. The Kier molecular flexibility index (Phi) is 8.74. The van der Waals surface area contributed by atoms with Crippen LogP contribution in [-0.2, 0) is 9.16 Å². The Balaban J connectivity index is 5.62. The zero-order valence-electron chi connectivity index (χ0n) is 17.2. The van der Waals surface area contributed by atoms with Gasteiger partial charge in [-0.1, -0.05) is 61.0 Å². The molecule has 142 valence electrons. The average Bonchev–Trinajstić information content (AvgIpc) is 2.46. The Bertz CT molecular complexity index is 417. The van der Waals surface area contributed by atoms with Crippen LogP contribution < -0.4 is 5.73 Å². The van der Waals surface area contributed by atoms with Crippen LogP contribution in [0.1, 0.15) is 54.9 Å². The average molecular weight is 358 g/mol. The van der Waals surface area contributed by atoms with E-state index in [1.165, 1.54) is 0 Å². The standard InChI is InChI=1S/C19H39NO3Si/c1-11-13(3)16(22-18(20)21)15(5)17(14(4)12-2)23-24(9,10)19(6,7)8/h11,13-17H,1,12H2,2-10H3,(H2,20,21)/t13-,14-,15+,16-,17+/m0/s1. The molecule has 5 atom stereocenters. The van der Waals surface area contributed by atoms with Gasteiger partial charge >= 0.3 is 6.09 Å². The third-order valence-electron chi connectivity index (χ3n) is 5.62. The number of carbonyl (C=O) groups excluding carboxylic acids is 1. The van der Waals surface area contributed by atoms with Gasteiger partial charge in [-0.05, 0) is 24.1 Å². The summed E-state index contributed by atoms with van der Waals surface area (Å²) in [6.45, 7) is 23.5.